The Hall–Kier alpha value is -0.610. The summed E-state index contributed by atoms with van der Waals surface area (Å²) in [6.07, 6.45) is 4.77. The van der Waals surface area contributed by atoms with E-state index in [1.54, 1.807) is 6.92 Å². The third-order valence-electron chi connectivity index (χ3n) is 2.98. The van der Waals surface area contributed by atoms with E-state index in [1.165, 1.54) is 19.3 Å². The summed E-state index contributed by atoms with van der Waals surface area (Å²) >= 11 is 0. The van der Waals surface area contributed by atoms with Crippen LogP contribution in [0.3, 0.4) is 0 Å². The SMILES string of the molecule is CC(O)(CN)CC(=O)OCCC1CCC1. The first kappa shape index (κ1) is 12.5. The van der Waals surface area contributed by atoms with E-state index in [0.29, 0.717) is 6.61 Å². The van der Waals surface area contributed by atoms with Crippen molar-refractivity contribution in [2.45, 2.75) is 44.6 Å². The molecular weight excluding hydrogens is 194 g/mol. The topological polar surface area (TPSA) is 72.5 Å². The molecule has 1 aliphatic rings. The Morgan fingerprint density at radius 2 is 2.27 bits per heavy atom. The summed E-state index contributed by atoms with van der Waals surface area (Å²) in [6.45, 7) is 2.09. The van der Waals surface area contributed by atoms with Crippen LogP contribution in [0.25, 0.3) is 0 Å². The van der Waals surface area contributed by atoms with Crippen LogP contribution in [0.2, 0.25) is 0 Å². The zero-order valence-electron chi connectivity index (χ0n) is 9.37. The second kappa shape index (κ2) is 5.47. The molecule has 0 aromatic carbocycles. The number of hydrogen-bond acceptors (Lipinski definition) is 4. The summed E-state index contributed by atoms with van der Waals surface area (Å²) in [4.78, 5) is 11.3. The predicted molar refractivity (Wildman–Crippen MR) is 57.2 cm³/mol. The van der Waals surface area contributed by atoms with Crippen molar-refractivity contribution in [2.24, 2.45) is 11.7 Å². The van der Waals surface area contributed by atoms with Crippen molar-refractivity contribution in [1.82, 2.24) is 0 Å². The molecule has 1 unspecified atom stereocenters. The highest BCUT2D eigenvalue weighted by molar-refractivity contribution is 5.70. The minimum Gasteiger partial charge on any atom is -0.466 e. The van der Waals surface area contributed by atoms with Gasteiger partial charge in [0.2, 0.25) is 0 Å². The molecule has 1 rings (SSSR count). The smallest absolute Gasteiger partial charge is 0.308 e. The molecule has 3 N–H and O–H groups in total. The minimum absolute atomic E-state index is 0.0197. The molecule has 1 atom stereocenters. The fourth-order valence-corrected chi connectivity index (χ4v) is 1.56. The molecule has 1 saturated carbocycles. The first-order valence-electron chi connectivity index (χ1n) is 5.61. The average Bonchev–Trinajstić information content (AvgIpc) is 2.09. The van der Waals surface area contributed by atoms with Gasteiger partial charge in [0.25, 0.3) is 0 Å². The Bertz CT molecular complexity index is 212. The van der Waals surface area contributed by atoms with E-state index in [9.17, 15) is 9.90 Å². The molecule has 0 spiro atoms. The summed E-state index contributed by atoms with van der Waals surface area (Å²) in [6, 6.07) is 0. The number of rotatable bonds is 6. The van der Waals surface area contributed by atoms with Gasteiger partial charge < -0.3 is 15.6 Å². The van der Waals surface area contributed by atoms with Crippen LogP contribution in [0, 0.1) is 5.92 Å². The third-order valence-corrected chi connectivity index (χ3v) is 2.98. The number of esters is 1. The third kappa shape index (κ3) is 4.62. The molecule has 0 saturated heterocycles. The zero-order valence-corrected chi connectivity index (χ0v) is 9.37. The highest BCUT2D eigenvalue weighted by atomic mass is 16.5. The van der Waals surface area contributed by atoms with Crippen molar-refractivity contribution >= 4 is 5.97 Å². The van der Waals surface area contributed by atoms with E-state index in [1.807, 2.05) is 0 Å². The molecule has 15 heavy (non-hydrogen) atoms. The summed E-state index contributed by atoms with van der Waals surface area (Å²) in [5.74, 6) is 0.387. The van der Waals surface area contributed by atoms with Crippen molar-refractivity contribution in [2.75, 3.05) is 13.2 Å². The van der Waals surface area contributed by atoms with E-state index in [4.69, 9.17) is 10.5 Å². The van der Waals surface area contributed by atoms with Crippen molar-refractivity contribution in [3.63, 3.8) is 0 Å². The number of nitrogens with two attached hydrogens (primary N) is 1. The molecular formula is C11H21NO3. The molecule has 0 aromatic rings. The van der Waals surface area contributed by atoms with Crippen molar-refractivity contribution in [1.29, 1.82) is 0 Å². The maximum atomic E-state index is 11.3. The van der Waals surface area contributed by atoms with Crippen LogP contribution < -0.4 is 5.73 Å². The molecule has 4 nitrogen and oxygen atoms in total. The highest BCUT2D eigenvalue weighted by Gasteiger charge is 2.24. The lowest BCUT2D eigenvalue weighted by Crippen LogP contribution is -2.37. The fourth-order valence-electron chi connectivity index (χ4n) is 1.56. The summed E-state index contributed by atoms with van der Waals surface area (Å²) in [7, 11) is 0. The Kier molecular flexibility index (Phi) is 4.54. The standard InChI is InChI=1S/C11H21NO3/c1-11(14,8-12)7-10(13)15-6-5-9-3-2-4-9/h9,14H,2-8,12H2,1H3. The lowest BCUT2D eigenvalue weighted by atomic mass is 9.83. The number of carbonyl (C=O) groups is 1. The molecule has 4 heteroatoms. The molecule has 1 aliphatic carbocycles. The van der Waals surface area contributed by atoms with Crippen LogP contribution in [-0.4, -0.2) is 29.8 Å². The molecule has 0 amide bonds. The molecule has 1 fully saturated rings. The van der Waals surface area contributed by atoms with Gasteiger partial charge in [-0.1, -0.05) is 19.3 Å². The van der Waals surface area contributed by atoms with Crippen LogP contribution in [-0.2, 0) is 9.53 Å². The summed E-state index contributed by atoms with van der Waals surface area (Å²) in [5.41, 5.74) is 4.17. The lowest BCUT2D eigenvalue weighted by Gasteiger charge is -2.25. The second-order valence-corrected chi connectivity index (χ2v) is 4.68. The number of ether oxygens (including phenoxy) is 1. The van der Waals surface area contributed by atoms with Gasteiger partial charge in [0, 0.05) is 6.54 Å². The van der Waals surface area contributed by atoms with Gasteiger partial charge in [0.1, 0.15) is 0 Å². The van der Waals surface area contributed by atoms with Crippen molar-refractivity contribution < 1.29 is 14.6 Å². The normalized spacial score (nSPS) is 20.5. The van der Waals surface area contributed by atoms with Crippen LogP contribution in [0.4, 0.5) is 0 Å². The van der Waals surface area contributed by atoms with Crippen LogP contribution in [0.5, 0.6) is 0 Å². The number of carbonyl (C=O) groups excluding carboxylic acids is 1. The maximum absolute atomic E-state index is 11.3. The number of hydrogen-bond donors (Lipinski definition) is 2. The quantitative estimate of drug-likeness (QED) is 0.643. The van der Waals surface area contributed by atoms with Crippen molar-refractivity contribution in [3.8, 4) is 0 Å². The van der Waals surface area contributed by atoms with Gasteiger partial charge in [-0.15, -0.1) is 0 Å². The average molecular weight is 215 g/mol. The molecule has 0 radical (unpaired) electrons. The molecule has 0 aliphatic heterocycles. The van der Waals surface area contributed by atoms with E-state index in [0.717, 1.165) is 12.3 Å². The Morgan fingerprint density at radius 1 is 1.60 bits per heavy atom. The first-order valence-corrected chi connectivity index (χ1v) is 5.61. The van der Waals surface area contributed by atoms with E-state index in [-0.39, 0.29) is 18.9 Å². The van der Waals surface area contributed by atoms with E-state index >= 15 is 0 Å². The predicted octanol–water partition coefficient (Wildman–Crippen LogP) is 0.820. The lowest BCUT2D eigenvalue weighted by molar-refractivity contribution is -0.148. The van der Waals surface area contributed by atoms with Crippen molar-refractivity contribution in [3.05, 3.63) is 0 Å². The Balaban J connectivity index is 2.07. The van der Waals surface area contributed by atoms with E-state index in [2.05, 4.69) is 0 Å². The van der Waals surface area contributed by atoms with Crippen LogP contribution >= 0.6 is 0 Å². The largest absolute Gasteiger partial charge is 0.466 e. The zero-order chi connectivity index (χ0) is 11.3. The number of aliphatic hydroxyl groups is 1. The second-order valence-electron chi connectivity index (χ2n) is 4.68. The van der Waals surface area contributed by atoms with Crippen LogP contribution in [0.15, 0.2) is 0 Å². The van der Waals surface area contributed by atoms with E-state index < -0.39 is 5.60 Å². The molecule has 88 valence electrons. The van der Waals surface area contributed by atoms with Gasteiger partial charge in [-0.05, 0) is 19.3 Å². The molecule has 0 aromatic heterocycles. The van der Waals surface area contributed by atoms with Gasteiger partial charge >= 0.3 is 5.97 Å². The van der Waals surface area contributed by atoms with Gasteiger partial charge in [-0.3, -0.25) is 4.79 Å². The van der Waals surface area contributed by atoms with Crippen LogP contribution in [0.1, 0.15) is 39.0 Å². The fraction of sp³-hybridized carbons (Fsp3) is 0.909. The van der Waals surface area contributed by atoms with Gasteiger partial charge in [0.15, 0.2) is 0 Å². The maximum Gasteiger partial charge on any atom is 0.308 e. The first-order chi connectivity index (χ1) is 7.03. The van der Waals surface area contributed by atoms with Gasteiger partial charge in [-0.25, -0.2) is 0 Å². The van der Waals surface area contributed by atoms with Gasteiger partial charge in [0.05, 0.1) is 18.6 Å². The monoisotopic (exact) mass is 215 g/mol. The summed E-state index contributed by atoms with van der Waals surface area (Å²) < 4.78 is 5.03. The van der Waals surface area contributed by atoms with Gasteiger partial charge in [-0.2, -0.15) is 0 Å². The minimum atomic E-state index is -1.13. The molecule has 0 heterocycles. The summed E-state index contributed by atoms with van der Waals surface area (Å²) in [5, 5.41) is 9.53. The highest BCUT2D eigenvalue weighted by Crippen LogP contribution is 2.29. The molecule has 0 bridgehead atoms. The Labute approximate surface area is 90.8 Å². The Morgan fingerprint density at radius 3 is 2.73 bits per heavy atom.